The predicted molar refractivity (Wildman–Crippen MR) is 93.6 cm³/mol. The number of carbonyl (C=O) groups is 1. The van der Waals surface area contributed by atoms with Gasteiger partial charge in [-0.15, -0.1) is 0 Å². The highest BCUT2D eigenvalue weighted by molar-refractivity contribution is 6.00. The Bertz CT molecular complexity index is 992. The first-order valence-corrected chi connectivity index (χ1v) is 7.76. The molecular weight excluding hydrogens is 316 g/mol. The molecule has 3 aromatic rings. The molecule has 0 unspecified atom stereocenters. The molecule has 7 heteroatoms. The van der Waals surface area contributed by atoms with E-state index in [1.807, 2.05) is 31.3 Å². The van der Waals surface area contributed by atoms with Crippen LogP contribution in [0.2, 0.25) is 0 Å². The zero-order valence-corrected chi connectivity index (χ0v) is 13.9. The molecule has 0 aliphatic carbocycles. The van der Waals surface area contributed by atoms with Crippen molar-refractivity contribution in [1.29, 1.82) is 0 Å². The molecule has 25 heavy (non-hydrogen) atoms. The van der Waals surface area contributed by atoms with Crippen LogP contribution in [0.4, 0.5) is 0 Å². The van der Waals surface area contributed by atoms with Crippen LogP contribution in [0.25, 0.3) is 22.6 Å². The standard InChI is InChI=1S/C18H16N6O/c1-11-15(10-24(22-11)13-5-4-8-19-9-13)16-7-6-14-17(20-16)12(2)21-23(3)18(14)25/h4-10,21H,2H2,1,3H3. The van der Waals surface area contributed by atoms with E-state index in [9.17, 15) is 4.79 Å². The van der Waals surface area contributed by atoms with Gasteiger partial charge in [-0.2, -0.15) is 5.10 Å². The van der Waals surface area contributed by atoms with Crippen molar-refractivity contribution in [3.8, 4) is 16.9 Å². The Hall–Kier alpha value is -3.48. The van der Waals surface area contributed by atoms with Gasteiger partial charge < -0.3 is 0 Å². The topological polar surface area (TPSA) is 75.9 Å². The Morgan fingerprint density at radius 2 is 2.04 bits per heavy atom. The lowest BCUT2D eigenvalue weighted by Crippen LogP contribution is -2.43. The van der Waals surface area contributed by atoms with E-state index in [1.54, 1.807) is 30.2 Å². The highest BCUT2D eigenvalue weighted by Crippen LogP contribution is 2.27. The fourth-order valence-electron chi connectivity index (χ4n) is 2.83. The molecular formula is C18H16N6O. The second-order valence-corrected chi connectivity index (χ2v) is 5.83. The Labute approximate surface area is 144 Å². The highest BCUT2D eigenvalue weighted by atomic mass is 16.2. The molecule has 1 aliphatic heterocycles. The van der Waals surface area contributed by atoms with Crippen LogP contribution in [0, 0.1) is 6.92 Å². The average Bonchev–Trinajstić information content (AvgIpc) is 3.02. The van der Waals surface area contributed by atoms with E-state index in [-0.39, 0.29) is 5.91 Å². The van der Waals surface area contributed by atoms with Crippen molar-refractivity contribution in [3.05, 3.63) is 66.4 Å². The number of fused-ring (bicyclic) bond motifs is 1. The minimum Gasteiger partial charge on any atom is -0.294 e. The summed E-state index contributed by atoms with van der Waals surface area (Å²) in [4.78, 5) is 21.0. The zero-order chi connectivity index (χ0) is 17.6. The van der Waals surface area contributed by atoms with Crippen LogP contribution < -0.4 is 5.43 Å². The van der Waals surface area contributed by atoms with Crippen LogP contribution in [0.3, 0.4) is 0 Å². The van der Waals surface area contributed by atoms with Crippen LogP contribution in [0.15, 0.2) is 49.4 Å². The molecule has 0 radical (unpaired) electrons. The molecule has 0 spiro atoms. The quantitative estimate of drug-likeness (QED) is 0.778. The minimum absolute atomic E-state index is 0.135. The van der Waals surface area contributed by atoms with Crippen LogP contribution in [-0.2, 0) is 0 Å². The normalized spacial score (nSPS) is 13.6. The van der Waals surface area contributed by atoms with Gasteiger partial charge in [0, 0.05) is 25.0 Å². The van der Waals surface area contributed by atoms with Gasteiger partial charge in [-0.05, 0) is 31.2 Å². The van der Waals surface area contributed by atoms with Gasteiger partial charge in [0.25, 0.3) is 5.91 Å². The van der Waals surface area contributed by atoms with Gasteiger partial charge in [-0.3, -0.25) is 20.2 Å². The number of aryl methyl sites for hydroxylation is 1. The van der Waals surface area contributed by atoms with E-state index < -0.39 is 0 Å². The summed E-state index contributed by atoms with van der Waals surface area (Å²) < 4.78 is 1.77. The Balaban J connectivity index is 1.79. The Kier molecular flexibility index (Phi) is 3.35. The number of carbonyl (C=O) groups excluding carboxylic acids is 1. The third-order valence-electron chi connectivity index (χ3n) is 4.10. The number of amides is 1. The van der Waals surface area contributed by atoms with Gasteiger partial charge in [-0.25, -0.2) is 9.67 Å². The second kappa shape index (κ2) is 5.55. The maximum Gasteiger partial charge on any atom is 0.274 e. The average molecular weight is 332 g/mol. The van der Waals surface area contributed by atoms with Gasteiger partial charge in [0.1, 0.15) is 5.69 Å². The molecule has 1 amide bonds. The van der Waals surface area contributed by atoms with E-state index in [4.69, 9.17) is 0 Å². The molecule has 0 fully saturated rings. The molecule has 0 saturated heterocycles. The number of nitrogens with one attached hydrogen (secondary N) is 1. The fourth-order valence-corrected chi connectivity index (χ4v) is 2.83. The second-order valence-electron chi connectivity index (χ2n) is 5.83. The van der Waals surface area contributed by atoms with E-state index in [1.165, 1.54) is 5.01 Å². The van der Waals surface area contributed by atoms with Crippen LogP contribution in [0.5, 0.6) is 0 Å². The molecule has 0 atom stereocenters. The van der Waals surface area contributed by atoms with E-state index in [0.717, 1.165) is 22.6 Å². The molecule has 0 aromatic carbocycles. The number of hydrogen-bond acceptors (Lipinski definition) is 5. The molecule has 3 aromatic heterocycles. The molecule has 1 N–H and O–H groups in total. The minimum atomic E-state index is -0.135. The summed E-state index contributed by atoms with van der Waals surface area (Å²) in [6.07, 6.45) is 5.38. The van der Waals surface area contributed by atoms with Crippen molar-refractivity contribution in [3.63, 3.8) is 0 Å². The molecule has 4 rings (SSSR count). The number of nitrogens with zero attached hydrogens (tertiary/aromatic N) is 5. The predicted octanol–water partition coefficient (Wildman–Crippen LogP) is 2.20. The summed E-state index contributed by atoms with van der Waals surface area (Å²) in [5, 5.41) is 5.94. The van der Waals surface area contributed by atoms with E-state index in [0.29, 0.717) is 17.0 Å². The molecule has 0 saturated carbocycles. The molecule has 7 nitrogen and oxygen atoms in total. The smallest absolute Gasteiger partial charge is 0.274 e. The molecule has 124 valence electrons. The van der Waals surface area contributed by atoms with Gasteiger partial charge in [0.15, 0.2) is 0 Å². The molecule has 0 bridgehead atoms. The van der Waals surface area contributed by atoms with Crippen molar-refractivity contribution in [2.24, 2.45) is 0 Å². The monoisotopic (exact) mass is 332 g/mol. The van der Waals surface area contributed by atoms with Gasteiger partial charge in [0.2, 0.25) is 0 Å². The van der Waals surface area contributed by atoms with Crippen LogP contribution in [-0.4, -0.2) is 37.7 Å². The van der Waals surface area contributed by atoms with E-state index in [2.05, 4.69) is 27.1 Å². The summed E-state index contributed by atoms with van der Waals surface area (Å²) in [7, 11) is 1.66. The third-order valence-corrected chi connectivity index (χ3v) is 4.10. The zero-order valence-electron chi connectivity index (χ0n) is 13.9. The van der Waals surface area contributed by atoms with Gasteiger partial charge >= 0.3 is 0 Å². The lowest BCUT2D eigenvalue weighted by Gasteiger charge is -2.27. The summed E-state index contributed by atoms with van der Waals surface area (Å²) in [6, 6.07) is 7.41. The maximum absolute atomic E-state index is 12.2. The van der Waals surface area contributed by atoms with Crippen molar-refractivity contribution in [2.75, 3.05) is 7.05 Å². The summed E-state index contributed by atoms with van der Waals surface area (Å²) in [6.45, 7) is 5.88. The number of hydrazine groups is 1. The lowest BCUT2D eigenvalue weighted by molar-refractivity contribution is 0.0740. The fraction of sp³-hybridized carbons (Fsp3) is 0.111. The van der Waals surface area contributed by atoms with E-state index >= 15 is 0 Å². The summed E-state index contributed by atoms with van der Waals surface area (Å²) in [5.74, 6) is -0.135. The van der Waals surface area contributed by atoms with Gasteiger partial charge in [-0.1, -0.05) is 6.58 Å². The number of hydrogen-bond donors (Lipinski definition) is 1. The molecule has 4 heterocycles. The lowest BCUT2D eigenvalue weighted by atomic mass is 10.1. The summed E-state index contributed by atoms with van der Waals surface area (Å²) in [5.41, 5.74) is 7.95. The largest absolute Gasteiger partial charge is 0.294 e. The Morgan fingerprint density at radius 1 is 1.20 bits per heavy atom. The van der Waals surface area contributed by atoms with Crippen LogP contribution >= 0.6 is 0 Å². The molecule has 1 aliphatic rings. The SMILES string of the molecule is C=C1NN(C)C(=O)c2ccc(-c3cn(-c4cccnc4)nc3C)nc21. The van der Waals surface area contributed by atoms with Crippen molar-refractivity contribution >= 4 is 11.6 Å². The maximum atomic E-state index is 12.2. The third kappa shape index (κ3) is 2.46. The van der Waals surface area contributed by atoms with Crippen molar-refractivity contribution in [1.82, 2.24) is 30.2 Å². The number of pyridine rings is 2. The first-order chi connectivity index (χ1) is 12.0. The van der Waals surface area contributed by atoms with Gasteiger partial charge in [0.05, 0.1) is 34.5 Å². The first kappa shape index (κ1) is 15.1. The first-order valence-electron chi connectivity index (χ1n) is 7.76. The highest BCUT2D eigenvalue weighted by Gasteiger charge is 2.25. The van der Waals surface area contributed by atoms with Crippen molar-refractivity contribution < 1.29 is 4.79 Å². The van der Waals surface area contributed by atoms with Crippen LogP contribution in [0.1, 0.15) is 21.7 Å². The Morgan fingerprint density at radius 3 is 2.80 bits per heavy atom. The number of rotatable bonds is 2. The summed E-state index contributed by atoms with van der Waals surface area (Å²) >= 11 is 0. The number of aromatic nitrogens is 4. The van der Waals surface area contributed by atoms with Crippen molar-refractivity contribution in [2.45, 2.75) is 6.92 Å².